The van der Waals surface area contributed by atoms with Gasteiger partial charge in [-0.05, 0) is 52.9 Å². The van der Waals surface area contributed by atoms with Crippen LogP contribution < -0.4 is 4.74 Å². The van der Waals surface area contributed by atoms with Crippen molar-refractivity contribution in [3.63, 3.8) is 0 Å². The molecule has 0 unspecified atom stereocenters. The molecule has 0 fully saturated rings. The number of benzene rings is 1. The lowest BCUT2D eigenvalue weighted by Gasteiger charge is -2.06. The zero-order valence-electron chi connectivity index (χ0n) is 9.82. The van der Waals surface area contributed by atoms with Crippen molar-refractivity contribution in [2.75, 3.05) is 0 Å². The molecule has 0 radical (unpaired) electrons. The van der Waals surface area contributed by atoms with E-state index in [-0.39, 0.29) is 11.6 Å². The Morgan fingerprint density at radius 3 is 2.45 bits per heavy atom. The quantitative estimate of drug-likeness (QED) is 0.492. The Labute approximate surface area is 126 Å². The Morgan fingerprint density at radius 1 is 1.25 bits per heavy atom. The van der Waals surface area contributed by atoms with Gasteiger partial charge in [-0.1, -0.05) is 0 Å². The van der Waals surface area contributed by atoms with E-state index in [0.29, 0.717) is 5.75 Å². The van der Waals surface area contributed by atoms with Crippen LogP contribution >= 0.6 is 22.6 Å². The second-order valence-electron chi connectivity index (χ2n) is 3.64. The molecule has 0 saturated carbocycles. The first-order chi connectivity index (χ1) is 9.47. The van der Waals surface area contributed by atoms with E-state index in [2.05, 4.69) is 27.6 Å². The fraction of sp³-hybridized carbons (Fsp3) is 0. The summed E-state index contributed by atoms with van der Waals surface area (Å²) in [5.41, 5.74) is -0.718. The van der Waals surface area contributed by atoms with E-state index in [1.807, 2.05) is 0 Å². The number of carboxylic acids is 1. The molecule has 20 heavy (non-hydrogen) atoms. The number of hydrogen-bond acceptors (Lipinski definition) is 5. The molecule has 1 heterocycles. The lowest BCUT2D eigenvalue weighted by atomic mass is 10.3. The number of carbonyl (C=O) groups is 1. The molecule has 2 rings (SSSR count). The van der Waals surface area contributed by atoms with Crippen LogP contribution in [0.3, 0.4) is 0 Å². The fourth-order valence-electron chi connectivity index (χ4n) is 1.38. The molecule has 0 atom stereocenters. The Hall–Kier alpha value is -2.23. The SMILES string of the molecule is O=C(O)c1ccc([N+](=O)[O-])c(Oc2ccc(I)cc2)n1. The second-order valence-corrected chi connectivity index (χ2v) is 4.88. The third kappa shape index (κ3) is 3.20. The van der Waals surface area contributed by atoms with Crippen molar-refractivity contribution in [3.05, 3.63) is 55.8 Å². The number of halogens is 1. The van der Waals surface area contributed by atoms with Gasteiger partial charge >= 0.3 is 11.7 Å². The third-order valence-electron chi connectivity index (χ3n) is 2.28. The minimum absolute atomic E-state index is 0.323. The van der Waals surface area contributed by atoms with Gasteiger partial charge in [0.15, 0.2) is 5.69 Å². The smallest absolute Gasteiger partial charge is 0.354 e. The van der Waals surface area contributed by atoms with Crippen molar-refractivity contribution < 1.29 is 19.6 Å². The molecular weight excluding hydrogens is 379 g/mol. The molecule has 0 aliphatic rings. The van der Waals surface area contributed by atoms with Gasteiger partial charge in [-0.15, -0.1) is 0 Å². The van der Waals surface area contributed by atoms with E-state index in [4.69, 9.17) is 9.84 Å². The number of nitrogens with zero attached hydrogens (tertiary/aromatic N) is 2. The van der Waals surface area contributed by atoms with Crippen LogP contribution in [0.25, 0.3) is 0 Å². The number of aromatic carboxylic acids is 1. The van der Waals surface area contributed by atoms with E-state index in [1.165, 1.54) is 0 Å². The van der Waals surface area contributed by atoms with Gasteiger partial charge in [-0.2, -0.15) is 4.98 Å². The fourth-order valence-corrected chi connectivity index (χ4v) is 1.74. The zero-order valence-corrected chi connectivity index (χ0v) is 12.0. The van der Waals surface area contributed by atoms with E-state index in [0.717, 1.165) is 15.7 Å². The standard InChI is InChI=1S/C12H7IN2O5/c13-7-1-3-8(4-2-7)20-11-10(15(18)19)6-5-9(14-11)12(16)17/h1-6H,(H,16,17). The lowest BCUT2D eigenvalue weighted by Crippen LogP contribution is -2.03. The summed E-state index contributed by atoms with van der Waals surface area (Å²) in [7, 11) is 0. The summed E-state index contributed by atoms with van der Waals surface area (Å²) >= 11 is 2.10. The topological polar surface area (TPSA) is 103 Å². The van der Waals surface area contributed by atoms with Gasteiger partial charge in [0.25, 0.3) is 5.88 Å². The summed E-state index contributed by atoms with van der Waals surface area (Å²) in [5.74, 6) is -1.30. The first-order valence-corrected chi connectivity index (χ1v) is 6.37. The van der Waals surface area contributed by atoms with Crippen molar-refractivity contribution in [3.8, 4) is 11.6 Å². The molecule has 0 spiro atoms. The van der Waals surface area contributed by atoms with Gasteiger partial charge in [0.05, 0.1) is 4.92 Å². The predicted molar refractivity (Wildman–Crippen MR) is 77.1 cm³/mol. The number of ether oxygens (including phenoxy) is 1. The number of carboxylic acid groups (broad SMARTS) is 1. The van der Waals surface area contributed by atoms with E-state index >= 15 is 0 Å². The first kappa shape index (κ1) is 14.2. The molecule has 0 aliphatic heterocycles. The molecule has 1 aromatic carbocycles. The van der Waals surface area contributed by atoms with Crippen LogP contribution in [0.15, 0.2) is 36.4 Å². The van der Waals surface area contributed by atoms with Crippen molar-refractivity contribution in [2.45, 2.75) is 0 Å². The maximum Gasteiger partial charge on any atom is 0.354 e. The minimum atomic E-state index is -1.28. The summed E-state index contributed by atoms with van der Waals surface area (Å²) in [4.78, 5) is 24.7. The highest BCUT2D eigenvalue weighted by Gasteiger charge is 2.20. The average molecular weight is 386 g/mol. The molecule has 1 N–H and O–H groups in total. The summed E-state index contributed by atoms with van der Waals surface area (Å²) in [6.45, 7) is 0. The predicted octanol–water partition coefficient (Wildman–Crippen LogP) is 3.08. The first-order valence-electron chi connectivity index (χ1n) is 5.29. The maximum absolute atomic E-state index is 10.9. The molecule has 0 aliphatic carbocycles. The van der Waals surface area contributed by atoms with E-state index < -0.39 is 16.6 Å². The average Bonchev–Trinajstić information content (AvgIpc) is 2.41. The monoisotopic (exact) mass is 386 g/mol. The van der Waals surface area contributed by atoms with Gasteiger partial charge in [-0.3, -0.25) is 10.1 Å². The molecule has 2 aromatic rings. The minimum Gasteiger partial charge on any atom is -0.477 e. The maximum atomic E-state index is 10.9. The van der Waals surface area contributed by atoms with Crippen LogP contribution in [0.2, 0.25) is 0 Å². The van der Waals surface area contributed by atoms with E-state index in [1.54, 1.807) is 24.3 Å². The Balaban J connectivity index is 2.41. The van der Waals surface area contributed by atoms with Crippen molar-refractivity contribution in [1.82, 2.24) is 4.98 Å². The molecule has 8 heteroatoms. The van der Waals surface area contributed by atoms with Gasteiger partial charge in [0, 0.05) is 9.64 Å². The van der Waals surface area contributed by atoms with Crippen LogP contribution in [0.1, 0.15) is 10.5 Å². The van der Waals surface area contributed by atoms with Crippen LogP contribution in [0, 0.1) is 13.7 Å². The van der Waals surface area contributed by atoms with Crippen molar-refractivity contribution >= 4 is 34.2 Å². The number of aromatic nitrogens is 1. The Kier molecular flexibility index (Phi) is 4.13. The van der Waals surface area contributed by atoms with Crippen LogP contribution in [-0.2, 0) is 0 Å². The van der Waals surface area contributed by atoms with Crippen LogP contribution in [-0.4, -0.2) is 21.0 Å². The summed E-state index contributed by atoms with van der Waals surface area (Å²) in [6.07, 6.45) is 0. The van der Waals surface area contributed by atoms with Gasteiger partial charge in [0.2, 0.25) is 0 Å². The molecular formula is C12H7IN2O5. The molecule has 0 bridgehead atoms. The van der Waals surface area contributed by atoms with Gasteiger partial charge < -0.3 is 9.84 Å². The van der Waals surface area contributed by atoms with Crippen molar-refractivity contribution in [1.29, 1.82) is 0 Å². The molecule has 7 nitrogen and oxygen atoms in total. The molecule has 0 saturated heterocycles. The number of rotatable bonds is 4. The highest BCUT2D eigenvalue weighted by Crippen LogP contribution is 2.29. The number of hydrogen-bond donors (Lipinski definition) is 1. The highest BCUT2D eigenvalue weighted by molar-refractivity contribution is 14.1. The largest absolute Gasteiger partial charge is 0.477 e. The molecule has 102 valence electrons. The van der Waals surface area contributed by atoms with Crippen LogP contribution in [0.5, 0.6) is 11.6 Å². The summed E-state index contributed by atoms with van der Waals surface area (Å²) < 4.78 is 6.27. The van der Waals surface area contributed by atoms with Crippen molar-refractivity contribution in [2.24, 2.45) is 0 Å². The van der Waals surface area contributed by atoms with Crippen LogP contribution in [0.4, 0.5) is 5.69 Å². The summed E-state index contributed by atoms with van der Waals surface area (Å²) in [5, 5.41) is 19.7. The number of pyridine rings is 1. The zero-order chi connectivity index (χ0) is 14.7. The van der Waals surface area contributed by atoms with Gasteiger partial charge in [-0.25, -0.2) is 4.79 Å². The second kappa shape index (κ2) is 5.82. The normalized spacial score (nSPS) is 10.1. The van der Waals surface area contributed by atoms with E-state index in [9.17, 15) is 14.9 Å². The summed E-state index contributed by atoms with van der Waals surface area (Å²) in [6, 6.07) is 8.84. The molecule has 0 amide bonds. The molecule has 1 aromatic heterocycles. The Morgan fingerprint density at radius 2 is 1.90 bits per heavy atom. The third-order valence-corrected chi connectivity index (χ3v) is 3.00. The highest BCUT2D eigenvalue weighted by atomic mass is 127. The Bertz CT molecular complexity index is 672. The lowest BCUT2D eigenvalue weighted by molar-refractivity contribution is -0.386. The van der Waals surface area contributed by atoms with Gasteiger partial charge in [0.1, 0.15) is 5.75 Å². The number of nitro groups is 1.